The van der Waals surface area contributed by atoms with Crippen LogP contribution in [0.5, 0.6) is 11.5 Å². The van der Waals surface area contributed by atoms with Gasteiger partial charge in [-0.2, -0.15) is 0 Å². The number of phenolic OH excluding ortho intramolecular Hbond substituents is 1. The molecule has 0 spiro atoms. The SMILES string of the molecule is COc1cc(CN2CCN(C(C)C)[C@@H](CCO)C2)c(Cl)cc1O. The molecule has 0 bridgehead atoms. The molecule has 0 saturated carbocycles. The minimum absolute atomic E-state index is 0.0593. The van der Waals surface area contributed by atoms with E-state index >= 15 is 0 Å². The lowest BCUT2D eigenvalue weighted by molar-refractivity contribution is 0.0349. The topological polar surface area (TPSA) is 56.2 Å². The van der Waals surface area contributed by atoms with E-state index in [2.05, 4.69) is 23.6 Å². The molecule has 1 fully saturated rings. The Hall–Kier alpha value is -1.01. The Morgan fingerprint density at radius 3 is 2.70 bits per heavy atom. The molecular formula is C17H27ClN2O3. The van der Waals surface area contributed by atoms with Gasteiger partial charge in [-0.15, -0.1) is 0 Å². The number of halogens is 1. The fourth-order valence-corrected chi connectivity index (χ4v) is 3.49. The first kappa shape index (κ1) is 18.3. The highest BCUT2D eigenvalue weighted by Gasteiger charge is 2.28. The van der Waals surface area contributed by atoms with Crippen molar-refractivity contribution < 1.29 is 14.9 Å². The summed E-state index contributed by atoms with van der Waals surface area (Å²) in [6.45, 7) is 8.15. The van der Waals surface area contributed by atoms with Gasteiger partial charge in [-0.25, -0.2) is 0 Å². The molecule has 0 amide bonds. The number of ether oxygens (including phenoxy) is 1. The lowest BCUT2D eigenvalue weighted by atomic mass is 10.1. The predicted molar refractivity (Wildman–Crippen MR) is 92.3 cm³/mol. The number of methoxy groups -OCH3 is 1. The normalized spacial score (nSPS) is 20.2. The zero-order valence-corrected chi connectivity index (χ0v) is 14.9. The zero-order valence-electron chi connectivity index (χ0n) is 14.1. The number of aliphatic hydroxyl groups excluding tert-OH is 1. The van der Waals surface area contributed by atoms with Gasteiger partial charge >= 0.3 is 0 Å². The van der Waals surface area contributed by atoms with Crippen LogP contribution in [-0.4, -0.2) is 65.4 Å². The minimum atomic E-state index is 0.0593. The average Bonchev–Trinajstić information content (AvgIpc) is 2.50. The van der Waals surface area contributed by atoms with Crippen LogP contribution < -0.4 is 4.74 Å². The molecule has 0 radical (unpaired) electrons. The summed E-state index contributed by atoms with van der Waals surface area (Å²) >= 11 is 6.26. The number of hydrogen-bond acceptors (Lipinski definition) is 5. The van der Waals surface area contributed by atoms with E-state index in [0.717, 1.165) is 31.6 Å². The molecule has 1 heterocycles. The quantitative estimate of drug-likeness (QED) is 0.831. The summed E-state index contributed by atoms with van der Waals surface area (Å²) in [5.74, 6) is 0.501. The fraction of sp³-hybridized carbons (Fsp3) is 0.647. The maximum atomic E-state index is 9.77. The molecule has 0 aromatic heterocycles. The van der Waals surface area contributed by atoms with Crippen LogP contribution in [0.25, 0.3) is 0 Å². The van der Waals surface area contributed by atoms with Crippen LogP contribution in [0.4, 0.5) is 0 Å². The van der Waals surface area contributed by atoms with Crippen molar-refractivity contribution in [1.29, 1.82) is 0 Å². The second kappa shape index (κ2) is 8.20. The van der Waals surface area contributed by atoms with Gasteiger partial charge in [-0.05, 0) is 31.9 Å². The molecule has 1 saturated heterocycles. The van der Waals surface area contributed by atoms with Crippen LogP contribution in [0, 0.1) is 0 Å². The summed E-state index contributed by atoms with van der Waals surface area (Å²) in [6.07, 6.45) is 0.779. The van der Waals surface area contributed by atoms with Crippen LogP contribution in [-0.2, 0) is 6.54 Å². The highest BCUT2D eigenvalue weighted by Crippen LogP contribution is 2.33. The highest BCUT2D eigenvalue weighted by atomic mass is 35.5. The third-order valence-electron chi connectivity index (χ3n) is 4.48. The third kappa shape index (κ3) is 4.51. The highest BCUT2D eigenvalue weighted by molar-refractivity contribution is 6.31. The number of benzene rings is 1. The summed E-state index contributed by atoms with van der Waals surface area (Å²) in [4.78, 5) is 4.79. The molecule has 130 valence electrons. The molecule has 1 atom stereocenters. The van der Waals surface area contributed by atoms with Crippen LogP contribution >= 0.6 is 11.6 Å². The first-order valence-corrected chi connectivity index (χ1v) is 8.48. The van der Waals surface area contributed by atoms with Crippen LogP contribution in [0.1, 0.15) is 25.8 Å². The maximum absolute atomic E-state index is 9.77. The summed E-state index contributed by atoms with van der Waals surface area (Å²) < 4.78 is 5.17. The van der Waals surface area contributed by atoms with E-state index in [4.69, 9.17) is 16.3 Å². The number of phenols is 1. The molecule has 2 N–H and O–H groups in total. The molecule has 1 aliphatic rings. The van der Waals surface area contributed by atoms with Crippen LogP contribution in [0.3, 0.4) is 0 Å². The average molecular weight is 343 g/mol. The van der Waals surface area contributed by atoms with Gasteiger partial charge in [0, 0.05) is 56.0 Å². The molecule has 1 aromatic rings. The molecule has 5 nitrogen and oxygen atoms in total. The summed E-state index contributed by atoms with van der Waals surface area (Å²) in [5, 5.41) is 19.6. The van der Waals surface area contributed by atoms with E-state index < -0.39 is 0 Å². The van der Waals surface area contributed by atoms with Gasteiger partial charge in [0.05, 0.1) is 7.11 Å². The predicted octanol–water partition coefficient (Wildman–Crippen LogP) is 2.33. The van der Waals surface area contributed by atoms with Crippen LogP contribution in [0.2, 0.25) is 5.02 Å². The monoisotopic (exact) mass is 342 g/mol. The van der Waals surface area contributed by atoms with E-state index in [1.165, 1.54) is 13.2 Å². The van der Waals surface area contributed by atoms with Gasteiger partial charge in [-0.3, -0.25) is 9.80 Å². The van der Waals surface area contributed by atoms with Crippen molar-refractivity contribution in [3.05, 3.63) is 22.7 Å². The van der Waals surface area contributed by atoms with Crippen molar-refractivity contribution in [3.8, 4) is 11.5 Å². The first-order valence-electron chi connectivity index (χ1n) is 8.10. The molecule has 0 aliphatic carbocycles. The van der Waals surface area contributed by atoms with E-state index in [1.807, 2.05) is 0 Å². The molecule has 0 unspecified atom stereocenters. The lowest BCUT2D eigenvalue weighted by Gasteiger charge is -2.43. The molecule has 1 aliphatic heterocycles. The van der Waals surface area contributed by atoms with Crippen molar-refractivity contribution >= 4 is 11.6 Å². The second-order valence-corrected chi connectivity index (χ2v) is 6.76. The summed E-state index contributed by atoms with van der Waals surface area (Å²) in [6, 6.07) is 4.16. The number of hydrogen-bond donors (Lipinski definition) is 2. The van der Waals surface area contributed by atoms with E-state index in [0.29, 0.717) is 29.4 Å². The number of piperazine rings is 1. The molecule has 1 aromatic carbocycles. The number of rotatable bonds is 6. The molecular weight excluding hydrogens is 316 g/mol. The van der Waals surface area contributed by atoms with Crippen molar-refractivity contribution in [2.24, 2.45) is 0 Å². The Kier molecular flexibility index (Phi) is 6.53. The molecule has 2 rings (SSSR count). The Balaban J connectivity index is 2.09. The number of aromatic hydroxyl groups is 1. The van der Waals surface area contributed by atoms with Gasteiger partial charge in [0.25, 0.3) is 0 Å². The summed E-state index contributed by atoms with van der Waals surface area (Å²) in [5.41, 5.74) is 0.946. The van der Waals surface area contributed by atoms with Crippen molar-refractivity contribution in [2.75, 3.05) is 33.4 Å². The Bertz CT molecular complexity index is 525. The van der Waals surface area contributed by atoms with Crippen LogP contribution in [0.15, 0.2) is 12.1 Å². The molecule has 23 heavy (non-hydrogen) atoms. The van der Waals surface area contributed by atoms with Gasteiger partial charge in [0.1, 0.15) is 0 Å². The second-order valence-electron chi connectivity index (χ2n) is 6.35. The zero-order chi connectivity index (χ0) is 17.0. The van der Waals surface area contributed by atoms with Crippen molar-refractivity contribution in [2.45, 2.75) is 38.9 Å². The lowest BCUT2D eigenvalue weighted by Crippen LogP contribution is -2.55. The molecule has 6 heteroatoms. The largest absolute Gasteiger partial charge is 0.504 e. The minimum Gasteiger partial charge on any atom is -0.504 e. The standard InChI is InChI=1S/C17H27ClN2O3/c1-12(2)20-6-5-19(11-14(20)4-7-21)10-13-8-17(23-3)16(22)9-15(13)18/h8-9,12,14,21-22H,4-7,10-11H2,1-3H3/t14-/m0/s1. The Labute approximate surface area is 143 Å². The van der Waals surface area contributed by atoms with Gasteiger partial charge in [0.15, 0.2) is 11.5 Å². The number of nitrogens with zero attached hydrogens (tertiary/aromatic N) is 2. The maximum Gasteiger partial charge on any atom is 0.160 e. The Morgan fingerprint density at radius 1 is 1.35 bits per heavy atom. The van der Waals surface area contributed by atoms with E-state index in [-0.39, 0.29) is 12.4 Å². The van der Waals surface area contributed by atoms with Gasteiger partial charge < -0.3 is 14.9 Å². The first-order chi connectivity index (χ1) is 11.0. The van der Waals surface area contributed by atoms with Gasteiger partial charge in [-0.1, -0.05) is 11.6 Å². The van der Waals surface area contributed by atoms with Crippen molar-refractivity contribution in [3.63, 3.8) is 0 Å². The van der Waals surface area contributed by atoms with Crippen molar-refractivity contribution in [1.82, 2.24) is 9.80 Å². The van der Waals surface area contributed by atoms with Gasteiger partial charge in [0.2, 0.25) is 0 Å². The summed E-state index contributed by atoms with van der Waals surface area (Å²) in [7, 11) is 1.53. The smallest absolute Gasteiger partial charge is 0.160 e. The van der Waals surface area contributed by atoms with E-state index in [9.17, 15) is 10.2 Å². The fourth-order valence-electron chi connectivity index (χ4n) is 3.27. The third-order valence-corrected chi connectivity index (χ3v) is 4.83. The Morgan fingerprint density at radius 2 is 2.09 bits per heavy atom. The number of aliphatic hydroxyl groups is 1. The van der Waals surface area contributed by atoms with E-state index in [1.54, 1.807) is 6.07 Å².